The van der Waals surface area contributed by atoms with Crippen molar-refractivity contribution in [2.75, 3.05) is 33.5 Å². The Morgan fingerprint density at radius 1 is 1.02 bits per heavy atom. The fourth-order valence-electron chi connectivity index (χ4n) is 9.88. The molecule has 0 spiro atoms. The average molecular weight is 852 g/mol. The van der Waals surface area contributed by atoms with Gasteiger partial charge in [0.15, 0.2) is 23.7 Å². The van der Waals surface area contributed by atoms with Crippen LogP contribution in [0.25, 0.3) is 6.08 Å². The molecule has 2 heterocycles. The van der Waals surface area contributed by atoms with E-state index in [9.17, 15) is 45.3 Å². The number of aryl methyl sites for hydroxylation is 1. The Kier molecular flexibility index (Phi) is 16.1. The second-order valence-electron chi connectivity index (χ2n) is 17.6. The standard InChI is InChI=1S/C47H65NO13/c1-27-4-7-31(16-19-50)33(20-27)11-13-41(54)59-44-42(55)43-38(48-25-28(2)52)14-17-47(57,61-43)45(44)60-46(56)35(21-30-6-12-39(53)40(23-30)58-3)24-37-34(26-51)10-9-32-8-5-29(15-18-49)22-36(32)37/h5-6,8,12,14,17,21-23,27-28,31,33-34,37-38,42-45,48-53,55,57H,4,7,9-11,13,15-16,18-20,24-26H2,1-3H3. The van der Waals surface area contributed by atoms with Crippen LogP contribution in [0.5, 0.6) is 11.5 Å². The van der Waals surface area contributed by atoms with Crippen LogP contribution < -0.4 is 10.1 Å². The zero-order valence-corrected chi connectivity index (χ0v) is 35.5. The summed E-state index contributed by atoms with van der Waals surface area (Å²) in [5, 5.41) is 77.6. The van der Waals surface area contributed by atoms with Gasteiger partial charge in [-0.3, -0.25) is 4.79 Å². The number of rotatable bonds is 18. The summed E-state index contributed by atoms with van der Waals surface area (Å²) in [5.74, 6) is -3.50. The molecule has 2 fully saturated rings. The van der Waals surface area contributed by atoms with Gasteiger partial charge in [-0.1, -0.05) is 43.7 Å². The highest BCUT2D eigenvalue weighted by atomic mass is 16.7. The van der Waals surface area contributed by atoms with Gasteiger partial charge in [0.05, 0.1) is 19.3 Å². The molecule has 8 N–H and O–H groups in total. The minimum absolute atomic E-state index is 0.00242. The Morgan fingerprint density at radius 3 is 2.54 bits per heavy atom. The van der Waals surface area contributed by atoms with Gasteiger partial charge in [0.2, 0.25) is 5.79 Å². The predicted octanol–water partition coefficient (Wildman–Crippen LogP) is 3.44. The minimum atomic E-state index is -2.34. The second kappa shape index (κ2) is 21.0. The highest BCUT2D eigenvalue weighted by Crippen LogP contribution is 2.44. The molecule has 0 aromatic heterocycles. The maximum Gasteiger partial charge on any atom is 0.334 e. The monoisotopic (exact) mass is 851 g/mol. The fraction of sp³-hybridized carbons (Fsp3) is 0.617. The van der Waals surface area contributed by atoms with Crippen LogP contribution in [-0.2, 0) is 36.6 Å². The summed E-state index contributed by atoms with van der Waals surface area (Å²) in [7, 11) is 1.40. The van der Waals surface area contributed by atoms with E-state index in [1.54, 1.807) is 31.2 Å². The average Bonchev–Trinajstić information content (AvgIpc) is 3.24. The summed E-state index contributed by atoms with van der Waals surface area (Å²) in [6.45, 7) is 3.77. The molecule has 336 valence electrons. The third-order valence-corrected chi connectivity index (χ3v) is 13.2. The van der Waals surface area contributed by atoms with Crippen molar-refractivity contribution < 1.29 is 64.3 Å². The molecule has 0 radical (unpaired) electrons. The molecule has 14 heteroatoms. The predicted molar refractivity (Wildman–Crippen MR) is 225 cm³/mol. The summed E-state index contributed by atoms with van der Waals surface area (Å²) in [6, 6.07) is 9.86. The first-order chi connectivity index (χ1) is 29.3. The van der Waals surface area contributed by atoms with E-state index < -0.39 is 54.3 Å². The molecule has 4 aliphatic rings. The fourth-order valence-corrected chi connectivity index (χ4v) is 9.88. The minimum Gasteiger partial charge on any atom is -0.504 e. The SMILES string of the molecule is COc1cc(C=C(CC2c3cc(CCO)ccc3CCC2CO)C(=O)OC2C(OC(=O)CCC3CC(C)CCC3CCO)C(O)C3OC2(O)C=CC3NCC(C)O)ccc1O. The molecule has 2 aromatic carbocycles. The molecule has 1 saturated heterocycles. The molecule has 14 nitrogen and oxygen atoms in total. The van der Waals surface area contributed by atoms with Gasteiger partial charge in [0.25, 0.3) is 0 Å². The number of carbonyl (C=O) groups is 2. The zero-order valence-electron chi connectivity index (χ0n) is 35.5. The first-order valence-electron chi connectivity index (χ1n) is 21.9. The smallest absolute Gasteiger partial charge is 0.334 e. The van der Waals surface area contributed by atoms with E-state index in [0.717, 1.165) is 42.4 Å². The van der Waals surface area contributed by atoms with Crippen LogP contribution in [0.4, 0.5) is 0 Å². The number of benzene rings is 2. The number of nitrogens with one attached hydrogen (secondary N) is 1. The van der Waals surface area contributed by atoms with E-state index in [0.29, 0.717) is 37.2 Å². The van der Waals surface area contributed by atoms with Crippen LogP contribution in [0.1, 0.15) is 93.4 Å². The number of carbonyl (C=O) groups excluding carboxylic acids is 2. The van der Waals surface area contributed by atoms with Crippen LogP contribution >= 0.6 is 0 Å². The number of hydrogen-bond donors (Lipinski definition) is 8. The van der Waals surface area contributed by atoms with Crippen molar-refractivity contribution in [2.45, 2.75) is 126 Å². The van der Waals surface area contributed by atoms with Crippen LogP contribution in [-0.4, -0.2) is 124 Å². The number of aliphatic hydroxyl groups is 6. The van der Waals surface area contributed by atoms with Crippen LogP contribution in [0, 0.1) is 23.7 Å². The number of methoxy groups -OCH3 is 1. The molecule has 61 heavy (non-hydrogen) atoms. The lowest BCUT2D eigenvalue weighted by Crippen LogP contribution is -2.71. The number of aliphatic hydroxyl groups excluding tert-OH is 5. The first-order valence-corrected chi connectivity index (χ1v) is 21.9. The number of ether oxygens (including phenoxy) is 4. The molecule has 2 aromatic rings. The normalized spacial score (nSPS) is 31.5. The number of aromatic hydroxyl groups is 1. The van der Waals surface area contributed by atoms with Gasteiger partial charge < -0.3 is 60.0 Å². The molecule has 2 bridgehead atoms. The summed E-state index contributed by atoms with van der Waals surface area (Å²) in [5.41, 5.74) is 3.50. The molecular formula is C47H65NO13. The number of phenolic OH excluding ortho intramolecular Hbond substituents is 1. The van der Waals surface area contributed by atoms with E-state index in [4.69, 9.17) is 18.9 Å². The summed E-state index contributed by atoms with van der Waals surface area (Å²) in [4.78, 5) is 28.6. The molecule has 12 atom stereocenters. The highest BCUT2D eigenvalue weighted by molar-refractivity contribution is 5.94. The third-order valence-electron chi connectivity index (χ3n) is 13.2. The van der Waals surface area contributed by atoms with Gasteiger partial charge in [-0.25, -0.2) is 4.79 Å². The van der Waals surface area contributed by atoms with E-state index >= 15 is 0 Å². The Labute approximate surface area is 358 Å². The highest BCUT2D eigenvalue weighted by Gasteiger charge is 2.60. The number of hydrogen-bond acceptors (Lipinski definition) is 14. The lowest BCUT2D eigenvalue weighted by Gasteiger charge is -2.51. The molecular weight excluding hydrogens is 787 g/mol. The molecule has 1 saturated carbocycles. The quantitative estimate of drug-likeness (QED) is 0.0612. The van der Waals surface area contributed by atoms with Crippen molar-refractivity contribution in [3.05, 3.63) is 76.4 Å². The molecule has 12 unspecified atom stereocenters. The molecule has 2 aliphatic carbocycles. The third kappa shape index (κ3) is 11.2. The van der Waals surface area contributed by atoms with E-state index in [1.165, 1.54) is 19.3 Å². The van der Waals surface area contributed by atoms with Gasteiger partial charge in [0, 0.05) is 38.4 Å². The van der Waals surface area contributed by atoms with Crippen molar-refractivity contribution in [1.82, 2.24) is 5.32 Å². The topological polar surface area (TPSA) is 225 Å². The van der Waals surface area contributed by atoms with Crippen LogP contribution in [0.3, 0.4) is 0 Å². The van der Waals surface area contributed by atoms with Crippen molar-refractivity contribution in [3.63, 3.8) is 0 Å². The maximum absolute atomic E-state index is 14.8. The van der Waals surface area contributed by atoms with E-state index in [1.807, 2.05) is 18.2 Å². The lowest BCUT2D eigenvalue weighted by atomic mass is 9.71. The number of fused-ring (bicyclic) bond motifs is 3. The number of esters is 2. The zero-order chi connectivity index (χ0) is 43.8. The second-order valence-corrected chi connectivity index (χ2v) is 17.6. The molecule has 0 amide bonds. The molecule has 6 rings (SSSR count). The van der Waals surface area contributed by atoms with Gasteiger partial charge in [-0.2, -0.15) is 0 Å². The van der Waals surface area contributed by atoms with E-state index in [-0.39, 0.29) is 80.0 Å². The Balaban J connectivity index is 1.34. The van der Waals surface area contributed by atoms with Crippen molar-refractivity contribution in [1.29, 1.82) is 0 Å². The Morgan fingerprint density at radius 2 is 1.82 bits per heavy atom. The van der Waals surface area contributed by atoms with Crippen molar-refractivity contribution in [2.24, 2.45) is 23.7 Å². The van der Waals surface area contributed by atoms with E-state index in [2.05, 4.69) is 12.2 Å². The molecule has 2 aliphatic heterocycles. The largest absolute Gasteiger partial charge is 0.504 e. The van der Waals surface area contributed by atoms with Crippen LogP contribution in [0.15, 0.2) is 54.1 Å². The van der Waals surface area contributed by atoms with Gasteiger partial charge >= 0.3 is 11.9 Å². The van der Waals surface area contributed by atoms with Gasteiger partial charge in [-0.05, 0) is 134 Å². The summed E-state index contributed by atoms with van der Waals surface area (Å²) >= 11 is 0. The van der Waals surface area contributed by atoms with Gasteiger partial charge in [-0.15, -0.1) is 0 Å². The maximum atomic E-state index is 14.8. The lowest BCUT2D eigenvalue weighted by molar-refractivity contribution is -0.333. The summed E-state index contributed by atoms with van der Waals surface area (Å²) in [6.07, 6.45) is 3.60. The van der Waals surface area contributed by atoms with Crippen LogP contribution in [0.2, 0.25) is 0 Å². The van der Waals surface area contributed by atoms with Crippen molar-refractivity contribution in [3.8, 4) is 11.5 Å². The van der Waals surface area contributed by atoms with Gasteiger partial charge in [0.1, 0.15) is 12.2 Å². The number of phenols is 1. The Hall–Kier alpha value is -3.86. The van der Waals surface area contributed by atoms with Crippen molar-refractivity contribution >= 4 is 18.0 Å². The first kappa shape index (κ1) is 46.6. The Bertz CT molecular complexity index is 1870. The summed E-state index contributed by atoms with van der Waals surface area (Å²) < 4.78 is 23.6.